The molecule has 0 aliphatic carbocycles. The largest absolute Gasteiger partial charge is 0.472 e. The van der Waals surface area contributed by atoms with E-state index < -0.39 is 20.0 Å². The summed E-state index contributed by atoms with van der Waals surface area (Å²) in [5, 5.41) is 14.0. The van der Waals surface area contributed by atoms with Gasteiger partial charge in [0, 0.05) is 6.42 Å². The molecule has 0 aromatic heterocycles. The third-order valence-electron chi connectivity index (χ3n) is 12.0. The molecule has 358 valence electrons. The maximum atomic E-state index is 13.0. The van der Waals surface area contributed by atoms with Gasteiger partial charge in [-0.15, -0.1) is 0 Å². The molecule has 9 heteroatoms. The third kappa shape index (κ3) is 45.3. The summed E-state index contributed by atoms with van der Waals surface area (Å²) in [5.41, 5.74) is 0. The third-order valence-corrected chi connectivity index (χ3v) is 13.0. The molecule has 3 atom stereocenters. The van der Waals surface area contributed by atoms with Crippen LogP contribution in [-0.2, 0) is 18.4 Å². The minimum absolute atomic E-state index is 0.0766. The molecular formula is C51H104N2O6P+. The molecule has 0 aromatic carbocycles. The second-order valence-electron chi connectivity index (χ2n) is 19.3. The average Bonchev–Trinajstić information content (AvgIpc) is 3.20. The lowest BCUT2D eigenvalue weighted by molar-refractivity contribution is -0.870. The van der Waals surface area contributed by atoms with Gasteiger partial charge in [0.15, 0.2) is 0 Å². The molecule has 0 saturated heterocycles. The molecule has 0 aliphatic rings. The second kappa shape index (κ2) is 43.5. The highest BCUT2D eigenvalue weighted by Gasteiger charge is 2.28. The quantitative estimate of drug-likeness (QED) is 0.0243. The van der Waals surface area contributed by atoms with Crippen molar-refractivity contribution in [3.05, 3.63) is 12.2 Å². The van der Waals surface area contributed by atoms with E-state index >= 15 is 0 Å². The summed E-state index contributed by atoms with van der Waals surface area (Å²) < 4.78 is 23.7. The first-order valence-electron chi connectivity index (χ1n) is 26.1. The number of phosphoric acid groups is 1. The van der Waals surface area contributed by atoms with Crippen molar-refractivity contribution in [1.82, 2.24) is 5.32 Å². The van der Waals surface area contributed by atoms with Crippen molar-refractivity contribution < 1.29 is 32.9 Å². The number of phosphoric ester groups is 1. The van der Waals surface area contributed by atoms with E-state index in [1.807, 2.05) is 21.1 Å². The molecule has 0 bridgehead atoms. The van der Waals surface area contributed by atoms with Crippen LogP contribution in [0.3, 0.4) is 0 Å². The van der Waals surface area contributed by atoms with Crippen LogP contribution in [0, 0.1) is 0 Å². The maximum Gasteiger partial charge on any atom is 0.472 e. The molecule has 0 spiro atoms. The molecule has 0 radical (unpaired) electrons. The van der Waals surface area contributed by atoms with Crippen LogP contribution in [0.15, 0.2) is 12.2 Å². The van der Waals surface area contributed by atoms with Crippen LogP contribution < -0.4 is 5.32 Å². The molecule has 0 fully saturated rings. The molecule has 0 aromatic rings. The molecule has 8 nitrogen and oxygen atoms in total. The molecular weight excluding hydrogens is 768 g/mol. The monoisotopic (exact) mass is 872 g/mol. The SMILES string of the molecule is CCCCCCCCCC/C=C\CCCCCCCCCCCC(=O)NC(COP(=O)(O)OCC[N+](C)(C)C)C(O)CCCCCCCCCCCCCCCCCCC. The lowest BCUT2D eigenvalue weighted by Crippen LogP contribution is -2.46. The van der Waals surface area contributed by atoms with Gasteiger partial charge < -0.3 is 19.8 Å². The number of hydrogen-bond acceptors (Lipinski definition) is 5. The Morgan fingerprint density at radius 1 is 0.550 bits per heavy atom. The summed E-state index contributed by atoms with van der Waals surface area (Å²) in [4.78, 5) is 23.3. The van der Waals surface area contributed by atoms with Gasteiger partial charge in [0.1, 0.15) is 13.2 Å². The molecule has 0 rings (SSSR count). The molecule has 0 heterocycles. The van der Waals surface area contributed by atoms with Crippen LogP contribution >= 0.6 is 7.82 Å². The fraction of sp³-hybridized carbons (Fsp3) is 0.941. The average molecular weight is 872 g/mol. The molecule has 0 aliphatic heterocycles. The Hall–Kier alpha value is -0.760. The molecule has 60 heavy (non-hydrogen) atoms. The van der Waals surface area contributed by atoms with Crippen LogP contribution in [0.4, 0.5) is 0 Å². The Labute approximate surface area is 373 Å². The number of carbonyl (C=O) groups excluding carboxylic acids is 1. The van der Waals surface area contributed by atoms with Crippen molar-refractivity contribution in [3.8, 4) is 0 Å². The standard InChI is InChI=1S/C51H103N2O6P/c1-6-8-10-12-14-16-18-20-22-24-25-26-27-29-31-33-35-37-39-41-43-45-51(55)52-49(48-59-60(56,57)58-47-46-53(3,4)5)50(54)44-42-40-38-36-34-32-30-28-23-21-19-17-15-13-11-9-7-2/h24-25,49-50,54H,6-23,26-48H2,1-5H3,(H-,52,55,56,57)/p+1/b25-24-. The fourth-order valence-corrected chi connectivity index (χ4v) is 8.60. The number of aliphatic hydroxyl groups is 1. The lowest BCUT2D eigenvalue weighted by Gasteiger charge is -2.26. The first-order valence-corrected chi connectivity index (χ1v) is 27.5. The Balaban J connectivity index is 4.23. The smallest absolute Gasteiger partial charge is 0.391 e. The summed E-state index contributed by atoms with van der Waals surface area (Å²) in [6.07, 6.45) is 51.0. The van der Waals surface area contributed by atoms with Crippen molar-refractivity contribution in [2.24, 2.45) is 0 Å². The topological polar surface area (TPSA) is 105 Å². The number of rotatable bonds is 48. The van der Waals surface area contributed by atoms with Crippen LogP contribution in [0.25, 0.3) is 0 Å². The Kier molecular flexibility index (Phi) is 42.9. The Morgan fingerprint density at radius 2 is 0.900 bits per heavy atom. The highest BCUT2D eigenvalue weighted by atomic mass is 31.2. The van der Waals surface area contributed by atoms with E-state index in [4.69, 9.17) is 9.05 Å². The number of quaternary nitrogens is 1. The zero-order valence-electron chi connectivity index (χ0n) is 40.7. The van der Waals surface area contributed by atoms with Gasteiger partial charge in [0.2, 0.25) is 5.91 Å². The number of amides is 1. The van der Waals surface area contributed by atoms with Crippen molar-refractivity contribution in [1.29, 1.82) is 0 Å². The van der Waals surface area contributed by atoms with Crippen molar-refractivity contribution in [2.75, 3.05) is 40.9 Å². The number of unbranched alkanes of at least 4 members (excludes halogenated alkanes) is 33. The van der Waals surface area contributed by atoms with Crippen LogP contribution in [0.5, 0.6) is 0 Å². The van der Waals surface area contributed by atoms with Crippen LogP contribution in [-0.4, -0.2) is 73.4 Å². The van der Waals surface area contributed by atoms with Gasteiger partial charge in [0.05, 0.1) is 39.9 Å². The molecule has 0 saturated carbocycles. The first kappa shape index (κ1) is 59.2. The zero-order valence-corrected chi connectivity index (χ0v) is 41.6. The van der Waals surface area contributed by atoms with Crippen LogP contribution in [0.2, 0.25) is 0 Å². The van der Waals surface area contributed by atoms with E-state index in [1.54, 1.807) is 0 Å². The van der Waals surface area contributed by atoms with Gasteiger partial charge in [-0.1, -0.05) is 225 Å². The summed E-state index contributed by atoms with van der Waals surface area (Å²) >= 11 is 0. The summed E-state index contributed by atoms with van der Waals surface area (Å²) in [6, 6.07) is -0.758. The predicted octanol–water partition coefficient (Wildman–Crippen LogP) is 15.1. The van der Waals surface area contributed by atoms with Crippen molar-refractivity contribution in [2.45, 2.75) is 270 Å². The van der Waals surface area contributed by atoms with Gasteiger partial charge >= 0.3 is 7.82 Å². The van der Waals surface area contributed by atoms with E-state index in [9.17, 15) is 19.4 Å². The normalized spacial score (nSPS) is 14.2. The minimum atomic E-state index is -4.32. The van der Waals surface area contributed by atoms with E-state index in [0.29, 0.717) is 23.9 Å². The number of likely N-dealkylation sites (N-methyl/N-ethyl adjacent to an activating group) is 1. The second-order valence-corrected chi connectivity index (χ2v) is 20.7. The highest BCUT2D eigenvalue weighted by molar-refractivity contribution is 7.47. The van der Waals surface area contributed by atoms with Gasteiger partial charge in [-0.3, -0.25) is 13.8 Å². The first-order chi connectivity index (χ1) is 29.0. The summed E-state index contributed by atoms with van der Waals surface area (Å²) in [7, 11) is 1.62. The van der Waals surface area contributed by atoms with E-state index in [2.05, 4.69) is 31.3 Å². The lowest BCUT2D eigenvalue weighted by atomic mass is 10.0. The van der Waals surface area contributed by atoms with Crippen molar-refractivity contribution in [3.63, 3.8) is 0 Å². The van der Waals surface area contributed by atoms with E-state index in [-0.39, 0.29) is 19.1 Å². The fourth-order valence-electron chi connectivity index (χ4n) is 7.87. The van der Waals surface area contributed by atoms with Crippen molar-refractivity contribution >= 4 is 13.7 Å². The van der Waals surface area contributed by atoms with Gasteiger partial charge in [-0.05, 0) is 38.5 Å². The number of nitrogens with zero attached hydrogens (tertiary/aromatic N) is 1. The maximum absolute atomic E-state index is 13.0. The number of allylic oxidation sites excluding steroid dienone is 2. The number of hydrogen-bond donors (Lipinski definition) is 3. The predicted molar refractivity (Wildman–Crippen MR) is 259 cm³/mol. The van der Waals surface area contributed by atoms with Crippen LogP contribution in [0.1, 0.15) is 258 Å². The van der Waals surface area contributed by atoms with Gasteiger partial charge in [-0.25, -0.2) is 4.57 Å². The summed E-state index contributed by atoms with van der Waals surface area (Å²) in [6.45, 7) is 4.92. The minimum Gasteiger partial charge on any atom is -0.391 e. The van der Waals surface area contributed by atoms with E-state index in [1.165, 1.54) is 193 Å². The van der Waals surface area contributed by atoms with Gasteiger partial charge in [0.25, 0.3) is 0 Å². The molecule has 3 unspecified atom stereocenters. The van der Waals surface area contributed by atoms with Gasteiger partial charge in [-0.2, -0.15) is 0 Å². The summed E-state index contributed by atoms with van der Waals surface area (Å²) in [5.74, 6) is -0.143. The Bertz CT molecular complexity index is 989. The molecule has 1 amide bonds. The zero-order chi connectivity index (χ0) is 44.3. The molecule has 3 N–H and O–H groups in total. The number of nitrogens with one attached hydrogen (secondary N) is 1. The number of aliphatic hydroxyl groups excluding tert-OH is 1. The Morgan fingerprint density at radius 3 is 1.28 bits per heavy atom. The number of carbonyl (C=O) groups is 1. The highest BCUT2D eigenvalue weighted by Crippen LogP contribution is 2.43. The van der Waals surface area contributed by atoms with E-state index in [0.717, 1.165) is 38.5 Å².